The zero-order chi connectivity index (χ0) is 39.8. The molecule has 0 saturated heterocycles. The summed E-state index contributed by atoms with van der Waals surface area (Å²) in [6.07, 6.45) is 0. The Kier molecular flexibility index (Phi) is 6.80. The summed E-state index contributed by atoms with van der Waals surface area (Å²) in [4.78, 5) is 1.32. The normalized spacial score (nSPS) is 12.3. The van der Waals surface area contributed by atoms with Crippen molar-refractivity contribution in [2.75, 3.05) is 0 Å². The van der Waals surface area contributed by atoms with Gasteiger partial charge in [0, 0.05) is 26.1 Å². The van der Waals surface area contributed by atoms with Crippen molar-refractivity contribution in [2.24, 2.45) is 0 Å². The highest BCUT2D eigenvalue weighted by molar-refractivity contribution is 7.23. The molecule has 0 bridgehead atoms. The van der Waals surface area contributed by atoms with Crippen LogP contribution in [0.4, 0.5) is 0 Å². The minimum absolute atomic E-state index is 1.24. The Labute approximate surface area is 355 Å². The highest BCUT2D eigenvalue weighted by atomic mass is 32.1. The van der Waals surface area contributed by atoms with Gasteiger partial charge in [0.05, 0.1) is 0 Å². The molecule has 0 aliphatic carbocycles. The first-order valence-corrected chi connectivity index (χ1v) is 22.0. The molecule has 0 fully saturated rings. The third kappa shape index (κ3) is 4.64. The first kappa shape index (κ1) is 33.3. The van der Waals surface area contributed by atoms with Crippen molar-refractivity contribution in [1.82, 2.24) is 0 Å². The number of hydrogen-bond donors (Lipinski definition) is 0. The first-order valence-electron chi connectivity index (χ1n) is 21.2. The monoisotopic (exact) mass is 786 g/mol. The fraction of sp³-hybridized carbons (Fsp3) is 0. The molecular formula is C60H34S. The van der Waals surface area contributed by atoms with Crippen LogP contribution in [-0.4, -0.2) is 0 Å². The van der Waals surface area contributed by atoms with Crippen LogP contribution in [0.15, 0.2) is 206 Å². The Bertz CT molecular complexity index is 4010. The fourth-order valence-electron chi connectivity index (χ4n) is 10.9. The molecule has 0 N–H and O–H groups in total. The second kappa shape index (κ2) is 12.5. The van der Waals surface area contributed by atoms with E-state index in [1.54, 1.807) is 0 Å². The molecule has 0 atom stereocenters. The third-order valence-electron chi connectivity index (χ3n) is 13.5. The molecule has 1 heteroatoms. The van der Waals surface area contributed by atoms with Gasteiger partial charge in [0.15, 0.2) is 0 Å². The number of thiophene rings is 1. The van der Waals surface area contributed by atoms with E-state index in [-0.39, 0.29) is 0 Å². The molecule has 0 aliphatic heterocycles. The molecule has 0 amide bonds. The van der Waals surface area contributed by atoms with Crippen molar-refractivity contribution in [1.29, 1.82) is 0 Å². The third-order valence-corrected chi connectivity index (χ3v) is 14.7. The number of fused-ring (bicyclic) bond motifs is 3. The van der Waals surface area contributed by atoms with Crippen LogP contribution in [0.2, 0.25) is 0 Å². The summed E-state index contributed by atoms with van der Waals surface area (Å²) in [6.45, 7) is 0. The Hall–Kier alpha value is -7.58. The Morgan fingerprint density at radius 3 is 1.26 bits per heavy atom. The molecule has 0 nitrogen and oxygen atoms in total. The molecule has 14 aromatic rings. The van der Waals surface area contributed by atoms with Gasteiger partial charge in [0.2, 0.25) is 0 Å². The van der Waals surface area contributed by atoms with Crippen LogP contribution in [0.5, 0.6) is 0 Å². The quantitative estimate of drug-likeness (QED) is 0.123. The summed E-state index contributed by atoms with van der Waals surface area (Å²) in [5.41, 5.74) is 8.95. The van der Waals surface area contributed by atoms with Gasteiger partial charge in [-0.1, -0.05) is 200 Å². The molecule has 0 spiro atoms. The van der Waals surface area contributed by atoms with E-state index >= 15 is 0 Å². The molecule has 280 valence electrons. The molecule has 1 aromatic heterocycles. The van der Waals surface area contributed by atoms with Crippen LogP contribution in [0.25, 0.3) is 140 Å². The van der Waals surface area contributed by atoms with Crippen LogP contribution in [0, 0.1) is 0 Å². The molecule has 1 heterocycles. The topological polar surface area (TPSA) is 0 Å². The van der Waals surface area contributed by atoms with E-state index in [1.807, 2.05) is 11.3 Å². The van der Waals surface area contributed by atoms with E-state index in [9.17, 15) is 0 Å². The van der Waals surface area contributed by atoms with Crippen molar-refractivity contribution in [2.45, 2.75) is 0 Å². The number of hydrogen-bond acceptors (Lipinski definition) is 1. The van der Waals surface area contributed by atoms with Gasteiger partial charge in [0.1, 0.15) is 0 Å². The molecule has 0 saturated carbocycles. The lowest BCUT2D eigenvalue weighted by Crippen LogP contribution is -1.92. The molecule has 14 rings (SSSR count). The van der Waals surface area contributed by atoms with E-state index in [2.05, 4.69) is 206 Å². The van der Waals surface area contributed by atoms with E-state index < -0.39 is 0 Å². The molecule has 61 heavy (non-hydrogen) atoms. The van der Waals surface area contributed by atoms with Gasteiger partial charge in [-0.2, -0.15) is 0 Å². The van der Waals surface area contributed by atoms with Crippen molar-refractivity contribution >= 4 is 108 Å². The lowest BCUT2D eigenvalue weighted by molar-refractivity contribution is 1.67. The lowest BCUT2D eigenvalue weighted by Gasteiger charge is -2.20. The summed E-state index contributed by atoms with van der Waals surface area (Å²) < 4.78 is 1.29. The van der Waals surface area contributed by atoms with Gasteiger partial charge in [-0.3, -0.25) is 0 Å². The highest BCUT2D eigenvalue weighted by Crippen LogP contribution is 2.51. The number of rotatable bonds is 4. The smallest absolute Gasteiger partial charge is 0.0440 e. The first-order chi connectivity index (χ1) is 30.3. The van der Waals surface area contributed by atoms with E-state index in [1.165, 1.54) is 140 Å². The Balaban J connectivity index is 1.03. The van der Waals surface area contributed by atoms with E-state index in [0.717, 1.165) is 0 Å². The second-order valence-electron chi connectivity index (χ2n) is 16.7. The predicted molar refractivity (Wildman–Crippen MR) is 266 cm³/mol. The summed E-state index contributed by atoms with van der Waals surface area (Å²) in [5.74, 6) is 0. The van der Waals surface area contributed by atoms with Gasteiger partial charge in [-0.15, -0.1) is 11.3 Å². The maximum Gasteiger partial charge on any atom is 0.0440 e. The van der Waals surface area contributed by atoms with E-state index in [4.69, 9.17) is 0 Å². The molecule has 13 aromatic carbocycles. The standard InChI is InChI=1S/C60H34S/c1-2-10-35(11-3-1)58-51-33-28-42(34-52(51)61-60(58)50-32-27-41-23-21-37-13-9-15-39-25-31-49(50)57(41)54(37)39)55-43-16-4-6-18-45(43)59(46-19-7-5-17-44(46)55)48-30-26-40-22-20-36-12-8-14-38-24-29-47(48)56(40)53(36)38/h1-34H. The van der Waals surface area contributed by atoms with Crippen LogP contribution in [-0.2, 0) is 0 Å². The second-order valence-corrected chi connectivity index (χ2v) is 17.7. The highest BCUT2D eigenvalue weighted by Gasteiger charge is 2.23. The fourth-order valence-corrected chi connectivity index (χ4v) is 12.3. The van der Waals surface area contributed by atoms with Crippen LogP contribution in [0.3, 0.4) is 0 Å². The maximum atomic E-state index is 2.47. The van der Waals surface area contributed by atoms with Gasteiger partial charge in [0.25, 0.3) is 0 Å². The van der Waals surface area contributed by atoms with Crippen LogP contribution >= 0.6 is 11.3 Å². The van der Waals surface area contributed by atoms with Gasteiger partial charge in [-0.05, 0) is 120 Å². The lowest BCUT2D eigenvalue weighted by atomic mass is 9.83. The largest absolute Gasteiger partial charge is 0.134 e. The Morgan fingerprint density at radius 1 is 0.246 bits per heavy atom. The minimum atomic E-state index is 1.24. The molecule has 0 radical (unpaired) electrons. The van der Waals surface area contributed by atoms with Crippen LogP contribution < -0.4 is 0 Å². The van der Waals surface area contributed by atoms with Crippen molar-refractivity contribution in [3.8, 4) is 43.8 Å². The van der Waals surface area contributed by atoms with Gasteiger partial charge < -0.3 is 0 Å². The predicted octanol–water partition coefficient (Wildman–Crippen LogP) is 17.7. The van der Waals surface area contributed by atoms with Gasteiger partial charge >= 0.3 is 0 Å². The van der Waals surface area contributed by atoms with Crippen molar-refractivity contribution in [3.05, 3.63) is 206 Å². The minimum Gasteiger partial charge on any atom is -0.134 e. The summed E-state index contributed by atoms with van der Waals surface area (Å²) >= 11 is 1.93. The molecule has 0 unspecified atom stereocenters. The molecular weight excluding hydrogens is 753 g/mol. The summed E-state index contributed by atoms with van der Waals surface area (Å²) in [6, 6.07) is 77.5. The summed E-state index contributed by atoms with van der Waals surface area (Å²) in [7, 11) is 0. The zero-order valence-electron chi connectivity index (χ0n) is 33.0. The zero-order valence-corrected chi connectivity index (χ0v) is 33.9. The van der Waals surface area contributed by atoms with Gasteiger partial charge in [-0.25, -0.2) is 0 Å². The number of benzene rings is 13. The Morgan fingerprint density at radius 2 is 0.689 bits per heavy atom. The average Bonchev–Trinajstić information content (AvgIpc) is 3.70. The van der Waals surface area contributed by atoms with Crippen molar-refractivity contribution < 1.29 is 0 Å². The SMILES string of the molecule is c1ccc(-c2c(-c3ccc4ccc5cccc6ccc3c4c56)sc3cc(-c4c5ccccc5c(-c5ccc6ccc7cccc8ccc5c6c78)c5ccccc45)ccc23)cc1. The van der Waals surface area contributed by atoms with Crippen molar-refractivity contribution in [3.63, 3.8) is 0 Å². The summed E-state index contributed by atoms with van der Waals surface area (Å²) in [5, 5.41) is 22.2. The molecule has 0 aliphatic rings. The average molecular weight is 787 g/mol. The maximum absolute atomic E-state index is 2.47. The van der Waals surface area contributed by atoms with E-state index in [0.29, 0.717) is 0 Å². The van der Waals surface area contributed by atoms with Crippen LogP contribution in [0.1, 0.15) is 0 Å².